The first kappa shape index (κ1) is 49.9. The Morgan fingerprint density at radius 1 is 0.449 bits per heavy atom. The van der Waals surface area contributed by atoms with Gasteiger partial charge >= 0.3 is 23.9 Å². The number of carbonyl (C=O) groups is 4. The number of nitrogens with one attached hydrogen (secondary N) is 1. The summed E-state index contributed by atoms with van der Waals surface area (Å²) in [5.74, 6) is -0.373. The summed E-state index contributed by atoms with van der Waals surface area (Å²) >= 11 is 0. The molecule has 6 aromatic carbocycles. The van der Waals surface area contributed by atoms with Crippen molar-refractivity contribution in [2.24, 2.45) is 0 Å². The number of benzene rings is 6. The zero-order valence-corrected chi connectivity index (χ0v) is 40.4. The van der Waals surface area contributed by atoms with Crippen LogP contribution in [-0.4, -0.2) is 41.6 Å². The van der Waals surface area contributed by atoms with E-state index in [9.17, 15) is 19.2 Å². The van der Waals surface area contributed by atoms with Gasteiger partial charge in [0, 0.05) is 11.1 Å². The molecule has 10 nitrogen and oxygen atoms in total. The van der Waals surface area contributed by atoms with E-state index < -0.39 is 23.9 Å². The molecule has 1 aliphatic heterocycles. The third-order valence-corrected chi connectivity index (χ3v) is 12.0. The summed E-state index contributed by atoms with van der Waals surface area (Å²) in [5.41, 5.74) is 3.34. The van der Waals surface area contributed by atoms with Crippen molar-refractivity contribution >= 4 is 40.2 Å². The summed E-state index contributed by atoms with van der Waals surface area (Å²) in [5, 5.41) is 5.19. The molecule has 0 aliphatic carbocycles. The van der Waals surface area contributed by atoms with Crippen LogP contribution in [0.1, 0.15) is 152 Å². The van der Waals surface area contributed by atoms with Crippen LogP contribution in [0.4, 0.5) is 0 Å². The normalized spacial score (nSPS) is 13.8. The van der Waals surface area contributed by atoms with E-state index in [0.29, 0.717) is 34.6 Å². The van der Waals surface area contributed by atoms with E-state index in [0.717, 1.165) is 30.2 Å². The zero-order valence-electron chi connectivity index (χ0n) is 40.4. The molecule has 0 aromatic heterocycles. The van der Waals surface area contributed by atoms with Gasteiger partial charge in [-0.3, -0.25) is 0 Å². The van der Waals surface area contributed by atoms with Crippen LogP contribution >= 0.6 is 0 Å². The monoisotopic (exact) mass is 929 g/mol. The van der Waals surface area contributed by atoms with Crippen LogP contribution < -0.4 is 29.0 Å². The molecule has 0 unspecified atom stereocenters. The average molecular weight is 930 g/mol. The Morgan fingerprint density at radius 3 is 1.36 bits per heavy atom. The summed E-state index contributed by atoms with van der Waals surface area (Å²) in [6.45, 7) is 11.6. The molecule has 0 spiro atoms. The second-order valence-corrected chi connectivity index (χ2v) is 19.0. The van der Waals surface area contributed by atoms with E-state index in [1.807, 2.05) is 30.3 Å². The topological polar surface area (TPSA) is 126 Å². The lowest BCUT2D eigenvalue weighted by atomic mass is 9.81. The molecule has 7 rings (SSSR count). The number of ether oxygens (including phenoxy) is 5. The van der Waals surface area contributed by atoms with Crippen LogP contribution in [0.15, 0.2) is 140 Å². The van der Waals surface area contributed by atoms with E-state index in [2.05, 4.69) is 46.0 Å². The molecule has 1 N–H and O–H groups in total. The summed E-state index contributed by atoms with van der Waals surface area (Å²) < 4.78 is 28.3. The molecule has 1 heterocycles. The van der Waals surface area contributed by atoms with Gasteiger partial charge in [0.15, 0.2) is 0 Å². The highest BCUT2D eigenvalue weighted by Gasteiger charge is 2.32. The van der Waals surface area contributed by atoms with Gasteiger partial charge in [-0.25, -0.2) is 19.2 Å². The van der Waals surface area contributed by atoms with E-state index in [4.69, 9.17) is 23.7 Å². The number of hydrogen-bond acceptors (Lipinski definition) is 10. The van der Waals surface area contributed by atoms with Crippen LogP contribution in [0.5, 0.6) is 28.7 Å². The molecule has 0 amide bonds. The van der Waals surface area contributed by atoms with Crippen LogP contribution in [0, 0.1) is 0 Å². The average Bonchev–Trinajstić information content (AvgIpc) is 3.33. The van der Waals surface area contributed by atoms with Gasteiger partial charge in [0.2, 0.25) is 0 Å². The second kappa shape index (κ2) is 23.3. The quantitative estimate of drug-likeness (QED) is 0.0423. The number of carbonyl (C=O) groups excluding carboxylic acids is 4. The molecular formula is C59H63NO9. The van der Waals surface area contributed by atoms with Crippen molar-refractivity contribution in [2.45, 2.75) is 116 Å². The minimum absolute atomic E-state index is 0.0467. The number of rotatable bonds is 21. The van der Waals surface area contributed by atoms with Gasteiger partial charge in [0.1, 0.15) is 28.7 Å². The standard InChI is InChI=1S/C59H63NO9/c1-6-7-8-9-10-11-12-13-14-15-36-65-49-27-21-43(22-28-49)54(61)66-51-31-23-44(24-32-51)55(62)67-52-33-25-45(26-34-52)56(63)69-53-35-20-41-16-17-46(37-47(41)38-53)57(64)68-50-29-18-42(19-30-50)48-39-58(2,3)60-59(4,5)40-48/h16-35,37-39,60H,6-15,36,40H2,1-5H3. The van der Waals surface area contributed by atoms with Crippen molar-refractivity contribution in [3.8, 4) is 28.7 Å². The lowest BCUT2D eigenvalue weighted by molar-refractivity contribution is 0.0722. The molecule has 1 aliphatic rings. The molecule has 0 saturated carbocycles. The van der Waals surface area contributed by atoms with Crippen LogP contribution in [0.3, 0.4) is 0 Å². The van der Waals surface area contributed by atoms with E-state index >= 15 is 0 Å². The summed E-state index contributed by atoms with van der Waals surface area (Å²) in [4.78, 5) is 52.1. The minimum Gasteiger partial charge on any atom is -0.494 e. The van der Waals surface area contributed by atoms with Gasteiger partial charge in [-0.05, 0) is 172 Å². The van der Waals surface area contributed by atoms with Crippen LogP contribution in [0.25, 0.3) is 16.3 Å². The lowest BCUT2D eigenvalue weighted by Gasteiger charge is -2.41. The van der Waals surface area contributed by atoms with Gasteiger partial charge in [0.25, 0.3) is 0 Å². The number of unbranched alkanes of at least 4 members (excludes halogenated alkanes) is 9. The van der Waals surface area contributed by atoms with Gasteiger partial charge in [-0.1, -0.05) is 95.1 Å². The highest BCUT2D eigenvalue weighted by molar-refractivity contribution is 5.98. The highest BCUT2D eigenvalue weighted by Crippen LogP contribution is 2.34. The van der Waals surface area contributed by atoms with Crippen molar-refractivity contribution in [2.75, 3.05) is 6.61 Å². The van der Waals surface area contributed by atoms with Crippen molar-refractivity contribution in [1.82, 2.24) is 5.32 Å². The Hall–Kier alpha value is -7.04. The fraction of sp³-hybridized carbons (Fsp3) is 0.322. The molecular weight excluding hydrogens is 867 g/mol. The van der Waals surface area contributed by atoms with E-state index in [1.54, 1.807) is 54.6 Å². The van der Waals surface area contributed by atoms with E-state index in [-0.39, 0.29) is 39.5 Å². The molecule has 0 saturated heterocycles. The maximum Gasteiger partial charge on any atom is 0.343 e. The SMILES string of the molecule is CCCCCCCCCCCCOc1ccc(C(=O)Oc2ccc(C(=O)Oc3ccc(C(=O)Oc4ccc5ccc(C(=O)Oc6ccc(C7=CC(C)(C)NC(C)(C)C7)cc6)cc5c4)cc3)cc2)cc1. The Bertz CT molecular complexity index is 2740. The largest absolute Gasteiger partial charge is 0.494 e. The molecule has 6 aromatic rings. The molecule has 10 heteroatoms. The fourth-order valence-electron chi connectivity index (χ4n) is 8.70. The third kappa shape index (κ3) is 14.7. The second-order valence-electron chi connectivity index (χ2n) is 19.0. The summed E-state index contributed by atoms with van der Waals surface area (Å²) in [6, 6.07) is 36.8. The maximum atomic E-state index is 13.2. The predicted octanol–water partition coefficient (Wildman–Crippen LogP) is 14.0. The Kier molecular flexibility index (Phi) is 16.8. The van der Waals surface area contributed by atoms with E-state index in [1.165, 1.54) is 105 Å². The van der Waals surface area contributed by atoms with Crippen molar-refractivity contribution in [1.29, 1.82) is 0 Å². The molecule has 0 bridgehead atoms. The zero-order chi connectivity index (χ0) is 48.8. The first-order valence-electron chi connectivity index (χ1n) is 24.2. The lowest BCUT2D eigenvalue weighted by Crippen LogP contribution is -2.53. The van der Waals surface area contributed by atoms with Crippen molar-refractivity contribution in [3.63, 3.8) is 0 Å². The smallest absolute Gasteiger partial charge is 0.343 e. The number of esters is 4. The molecule has 0 fully saturated rings. The summed E-state index contributed by atoms with van der Waals surface area (Å²) in [7, 11) is 0. The molecule has 0 atom stereocenters. The van der Waals surface area contributed by atoms with Crippen molar-refractivity contribution in [3.05, 3.63) is 167 Å². The highest BCUT2D eigenvalue weighted by atomic mass is 16.5. The fourth-order valence-corrected chi connectivity index (χ4v) is 8.70. The van der Waals surface area contributed by atoms with Crippen LogP contribution in [-0.2, 0) is 0 Å². The predicted molar refractivity (Wildman–Crippen MR) is 271 cm³/mol. The molecule has 358 valence electrons. The first-order chi connectivity index (χ1) is 33.2. The van der Waals surface area contributed by atoms with Crippen LogP contribution in [0.2, 0.25) is 0 Å². The van der Waals surface area contributed by atoms with Gasteiger partial charge in [-0.2, -0.15) is 0 Å². The Balaban J connectivity index is 0.844. The van der Waals surface area contributed by atoms with Gasteiger partial charge in [0.05, 0.1) is 28.9 Å². The van der Waals surface area contributed by atoms with Gasteiger partial charge < -0.3 is 29.0 Å². The number of fused-ring (bicyclic) bond motifs is 1. The Morgan fingerprint density at radius 2 is 0.855 bits per heavy atom. The minimum atomic E-state index is -0.632. The maximum absolute atomic E-state index is 13.2. The van der Waals surface area contributed by atoms with Crippen molar-refractivity contribution < 1.29 is 42.9 Å². The Labute approximate surface area is 406 Å². The third-order valence-electron chi connectivity index (χ3n) is 12.0. The molecule has 69 heavy (non-hydrogen) atoms. The van der Waals surface area contributed by atoms with Gasteiger partial charge in [-0.15, -0.1) is 0 Å². The number of hydrogen-bond donors (Lipinski definition) is 1. The first-order valence-corrected chi connectivity index (χ1v) is 24.2. The molecule has 0 radical (unpaired) electrons. The summed E-state index contributed by atoms with van der Waals surface area (Å²) in [6.07, 6.45) is 15.8.